The number of aryl methyl sites for hydroxylation is 1. The Hall–Kier alpha value is -1.20. The van der Waals surface area contributed by atoms with Gasteiger partial charge in [-0.2, -0.15) is 4.98 Å². The van der Waals surface area contributed by atoms with Crippen molar-refractivity contribution in [3.05, 3.63) is 34.6 Å². The van der Waals surface area contributed by atoms with E-state index in [1.54, 1.807) is 0 Å². The standard InChI is InChI=1S/C14H18BrN3O/c1-10(8-9-16)6-7-13-17-14(18-19-13)11-4-2-3-5-12(11)15/h2-5,10H,6-9,16H2,1H3. The molecule has 1 atom stereocenters. The molecule has 4 nitrogen and oxygen atoms in total. The van der Waals surface area contributed by atoms with Gasteiger partial charge in [0.25, 0.3) is 0 Å². The third-order valence-corrected chi connectivity index (χ3v) is 3.78. The summed E-state index contributed by atoms with van der Waals surface area (Å²) in [5.41, 5.74) is 6.49. The van der Waals surface area contributed by atoms with Crippen molar-refractivity contribution in [2.75, 3.05) is 6.54 Å². The molecule has 1 aromatic carbocycles. The van der Waals surface area contributed by atoms with Gasteiger partial charge in [0.1, 0.15) is 0 Å². The molecule has 102 valence electrons. The van der Waals surface area contributed by atoms with Crippen LogP contribution in [-0.4, -0.2) is 16.7 Å². The minimum atomic E-state index is 0.587. The molecule has 0 aliphatic rings. The first-order chi connectivity index (χ1) is 9.20. The minimum absolute atomic E-state index is 0.587. The fourth-order valence-electron chi connectivity index (χ4n) is 1.91. The second-order valence-electron chi connectivity index (χ2n) is 4.71. The zero-order chi connectivity index (χ0) is 13.7. The Kier molecular flexibility index (Phi) is 5.10. The maximum Gasteiger partial charge on any atom is 0.226 e. The maximum absolute atomic E-state index is 5.54. The predicted molar refractivity (Wildman–Crippen MR) is 78.6 cm³/mol. The van der Waals surface area contributed by atoms with E-state index in [0.717, 1.165) is 35.8 Å². The van der Waals surface area contributed by atoms with Gasteiger partial charge in [0.15, 0.2) is 0 Å². The lowest BCUT2D eigenvalue weighted by Crippen LogP contribution is -2.06. The molecule has 1 heterocycles. The van der Waals surface area contributed by atoms with Gasteiger partial charge >= 0.3 is 0 Å². The molecule has 0 aliphatic heterocycles. The van der Waals surface area contributed by atoms with Gasteiger partial charge in [-0.1, -0.05) is 40.1 Å². The van der Waals surface area contributed by atoms with Crippen molar-refractivity contribution in [3.8, 4) is 11.4 Å². The predicted octanol–water partition coefficient (Wildman–Crippen LogP) is 3.42. The van der Waals surface area contributed by atoms with Gasteiger partial charge in [-0.05, 0) is 37.4 Å². The van der Waals surface area contributed by atoms with E-state index < -0.39 is 0 Å². The van der Waals surface area contributed by atoms with Crippen LogP contribution < -0.4 is 5.73 Å². The van der Waals surface area contributed by atoms with Gasteiger partial charge in [0, 0.05) is 16.5 Å². The van der Waals surface area contributed by atoms with E-state index in [2.05, 4.69) is 33.0 Å². The Balaban J connectivity index is 2.02. The van der Waals surface area contributed by atoms with Crippen LogP contribution in [0.4, 0.5) is 0 Å². The van der Waals surface area contributed by atoms with Gasteiger partial charge in [0.2, 0.25) is 11.7 Å². The fraction of sp³-hybridized carbons (Fsp3) is 0.429. The Morgan fingerprint density at radius 2 is 2.11 bits per heavy atom. The summed E-state index contributed by atoms with van der Waals surface area (Å²) in [6.07, 6.45) is 2.86. The van der Waals surface area contributed by atoms with Crippen LogP contribution in [0.1, 0.15) is 25.7 Å². The van der Waals surface area contributed by atoms with E-state index in [0.29, 0.717) is 17.6 Å². The van der Waals surface area contributed by atoms with Crippen LogP contribution in [0, 0.1) is 5.92 Å². The topological polar surface area (TPSA) is 64.9 Å². The second-order valence-corrected chi connectivity index (χ2v) is 5.57. The molecule has 5 heteroatoms. The molecular weight excluding hydrogens is 306 g/mol. The summed E-state index contributed by atoms with van der Waals surface area (Å²) in [5, 5.41) is 4.03. The lowest BCUT2D eigenvalue weighted by molar-refractivity contribution is 0.362. The second kappa shape index (κ2) is 6.82. The molecule has 0 saturated heterocycles. The Bertz CT molecular complexity index is 527. The van der Waals surface area contributed by atoms with Crippen molar-refractivity contribution >= 4 is 15.9 Å². The van der Waals surface area contributed by atoms with E-state index in [9.17, 15) is 0 Å². The number of benzene rings is 1. The van der Waals surface area contributed by atoms with E-state index in [4.69, 9.17) is 10.3 Å². The van der Waals surface area contributed by atoms with Crippen LogP contribution in [0.2, 0.25) is 0 Å². The van der Waals surface area contributed by atoms with Crippen molar-refractivity contribution < 1.29 is 4.52 Å². The first-order valence-corrected chi connectivity index (χ1v) is 7.27. The normalized spacial score (nSPS) is 12.6. The Labute approximate surface area is 121 Å². The molecule has 0 bridgehead atoms. The molecule has 0 radical (unpaired) electrons. The first-order valence-electron chi connectivity index (χ1n) is 6.48. The number of nitrogens with two attached hydrogens (primary N) is 1. The minimum Gasteiger partial charge on any atom is -0.339 e. The Morgan fingerprint density at radius 1 is 1.32 bits per heavy atom. The van der Waals surface area contributed by atoms with Crippen LogP contribution in [-0.2, 0) is 6.42 Å². The average Bonchev–Trinajstić information content (AvgIpc) is 2.86. The molecule has 0 saturated carbocycles. The number of halogens is 1. The summed E-state index contributed by atoms with van der Waals surface area (Å²) in [5.74, 6) is 1.91. The molecule has 2 rings (SSSR count). The van der Waals surface area contributed by atoms with Gasteiger partial charge in [-0.25, -0.2) is 0 Å². The van der Waals surface area contributed by atoms with Crippen molar-refractivity contribution in [2.45, 2.75) is 26.2 Å². The van der Waals surface area contributed by atoms with Crippen LogP contribution in [0.3, 0.4) is 0 Å². The van der Waals surface area contributed by atoms with E-state index in [-0.39, 0.29) is 0 Å². The Morgan fingerprint density at radius 3 is 2.84 bits per heavy atom. The number of rotatable bonds is 6. The summed E-state index contributed by atoms with van der Waals surface area (Å²) >= 11 is 3.49. The molecule has 19 heavy (non-hydrogen) atoms. The quantitative estimate of drug-likeness (QED) is 0.884. The maximum atomic E-state index is 5.54. The smallest absolute Gasteiger partial charge is 0.226 e. The first kappa shape index (κ1) is 14.2. The van der Waals surface area contributed by atoms with Crippen LogP contribution in [0.5, 0.6) is 0 Å². The number of hydrogen-bond donors (Lipinski definition) is 1. The van der Waals surface area contributed by atoms with Crippen molar-refractivity contribution in [3.63, 3.8) is 0 Å². The third kappa shape index (κ3) is 3.88. The largest absolute Gasteiger partial charge is 0.339 e. The monoisotopic (exact) mass is 323 g/mol. The SMILES string of the molecule is CC(CCN)CCc1nc(-c2ccccc2Br)no1. The molecule has 0 aliphatic carbocycles. The summed E-state index contributed by atoms with van der Waals surface area (Å²) in [6, 6.07) is 7.85. The van der Waals surface area contributed by atoms with Crippen molar-refractivity contribution in [1.29, 1.82) is 0 Å². The van der Waals surface area contributed by atoms with Crippen molar-refractivity contribution in [1.82, 2.24) is 10.1 Å². The van der Waals surface area contributed by atoms with Gasteiger partial charge in [0.05, 0.1) is 0 Å². The van der Waals surface area contributed by atoms with E-state index in [1.807, 2.05) is 24.3 Å². The number of nitrogens with zero attached hydrogens (tertiary/aromatic N) is 2. The lowest BCUT2D eigenvalue weighted by Gasteiger charge is -2.06. The van der Waals surface area contributed by atoms with E-state index in [1.165, 1.54) is 0 Å². The van der Waals surface area contributed by atoms with Gasteiger partial charge in [-0.3, -0.25) is 0 Å². The van der Waals surface area contributed by atoms with Crippen molar-refractivity contribution in [2.24, 2.45) is 11.7 Å². The number of hydrogen-bond acceptors (Lipinski definition) is 4. The average molecular weight is 324 g/mol. The number of aromatic nitrogens is 2. The molecule has 2 N–H and O–H groups in total. The van der Waals surface area contributed by atoms with Crippen LogP contribution >= 0.6 is 15.9 Å². The zero-order valence-corrected chi connectivity index (χ0v) is 12.6. The summed E-state index contributed by atoms with van der Waals surface area (Å²) in [6.45, 7) is 2.92. The molecular formula is C14H18BrN3O. The summed E-state index contributed by atoms with van der Waals surface area (Å²) < 4.78 is 6.26. The molecule has 1 aromatic heterocycles. The molecule has 0 fully saturated rings. The molecule has 0 spiro atoms. The lowest BCUT2D eigenvalue weighted by atomic mass is 10.0. The van der Waals surface area contributed by atoms with E-state index >= 15 is 0 Å². The molecule has 0 amide bonds. The highest BCUT2D eigenvalue weighted by Crippen LogP contribution is 2.25. The summed E-state index contributed by atoms with van der Waals surface area (Å²) in [4.78, 5) is 4.43. The summed E-state index contributed by atoms with van der Waals surface area (Å²) in [7, 11) is 0. The molecule has 1 unspecified atom stereocenters. The van der Waals surface area contributed by atoms with Gasteiger partial charge < -0.3 is 10.3 Å². The highest BCUT2D eigenvalue weighted by molar-refractivity contribution is 9.10. The zero-order valence-electron chi connectivity index (χ0n) is 11.0. The molecule has 2 aromatic rings. The highest BCUT2D eigenvalue weighted by Gasteiger charge is 2.12. The van der Waals surface area contributed by atoms with Crippen LogP contribution in [0.25, 0.3) is 11.4 Å². The van der Waals surface area contributed by atoms with Gasteiger partial charge in [-0.15, -0.1) is 0 Å². The highest BCUT2D eigenvalue weighted by atomic mass is 79.9. The van der Waals surface area contributed by atoms with Crippen LogP contribution in [0.15, 0.2) is 33.3 Å². The fourth-order valence-corrected chi connectivity index (χ4v) is 2.37. The third-order valence-electron chi connectivity index (χ3n) is 3.09.